The number of hydrogen-bond acceptors (Lipinski definition) is 2. The molecule has 0 bridgehead atoms. The first-order valence-electron chi connectivity index (χ1n) is 6.56. The van der Waals surface area contributed by atoms with E-state index in [0.29, 0.717) is 12.5 Å². The predicted molar refractivity (Wildman–Crippen MR) is 70.2 cm³/mol. The molecule has 1 aliphatic rings. The van der Waals surface area contributed by atoms with Gasteiger partial charge < -0.3 is 10.2 Å². The van der Waals surface area contributed by atoms with Gasteiger partial charge >= 0.3 is 0 Å². The van der Waals surface area contributed by atoms with Crippen LogP contribution in [0.25, 0.3) is 0 Å². The predicted octanol–water partition coefficient (Wildman–Crippen LogP) is 2.90. The Labute approximate surface area is 111 Å². The Balaban J connectivity index is 2.01. The van der Waals surface area contributed by atoms with E-state index >= 15 is 0 Å². The van der Waals surface area contributed by atoms with Crippen molar-refractivity contribution in [2.75, 3.05) is 24.5 Å². The third kappa shape index (κ3) is 4.13. The van der Waals surface area contributed by atoms with Crippen LogP contribution in [-0.4, -0.2) is 32.1 Å². The Hall–Kier alpha value is -1.23. The molecule has 2 rings (SSSR count). The molecule has 106 valence electrons. The quantitative estimate of drug-likeness (QED) is 0.906. The smallest absolute Gasteiger partial charge is 0.250 e. The number of benzene rings is 1. The highest BCUT2D eigenvalue weighted by atomic mass is 19.3. The fraction of sp³-hybridized carbons (Fsp3) is 0.571. The molecule has 1 aromatic carbocycles. The lowest BCUT2D eigenvalue weighted by atomic mass is 9.95. The van der Waals surface area contributed by atoms with Crippen molar-refractivity contribution in [2.24, 2.45) is 5.92 Å². The van der Waals surface area contributed by atoms with Gasteiger partial charge in [0.25, 0.3) is 6.43 Å². The van der Waals surface area contributed by atoms with Crippen molar-refractivity contribution in [3.63, 3.8) is 0 Å². The molecule has 2 unspecified atom stereocenters. The second-order valence-corrected chi connectivity index (χ2v) is 5.22. The molecule has 0 radical (unpaired) electrons. The Morgan fingerprint density at radius 2 is 2.16 bits per heavy atom. The highest BCUT2D eigenvalue weighted by Gasteiger charge is 2.25. The van der Waals surface area contributed by atoms with Crippen LogP contribution in [0.15, 0.2) is 24.3 Å². The van der Waals surface area contributed by atoms with Crippen molar-refractivity contribution in [2.45, 2.75) is 25.8 Å². The Morgan fingerprint density at radius 3 is 2.84 bits per heavy atom. The van der Waals surface area contributed by atoms with Crippen LogP contribution < -0.4 is 10.2 Å². The molecule has 1 aromatic rings. The summed E-state index contributed by atoms with van der Waals surface area (Å²) in [6, 6.07) is 6.45. The lowest BCUT2D eigenvalue weighted by Crippen LogP contribution is -2.49. The van der Waals surface area contributed by atoms with Crippen LogP contribution in [0.4, 0.5) is 18.9 Å². The molecular formula is C14H19F3N2. The number of rotatable bonds is 4. The van der Waals surface area contributed by atoms with Crippen molar-refractivity contribution >= 4 is 5.69 Å². The summed E-state index contributed by atoms with van der Waals surface area (Å²) in [6.07, 6.45) is -1.46. The topological polar surface area (TPSA) is 15.3 Å². The summed E-state index contributed by atoms with van der Waals surface area (Å²) in [7, 11) is 0. The molecule has 1 aliphatic heterocycles. The molecule has 1 fully saturated rings. The first-order chi connectivity index (χ1) is 9.04. The third-order valence-electron chi connectivity index (χ3n) is 3.39. The van der Waals surface area contributed by atoms with E-state index < -0.39 is 6.43 Å². The van der Waals surface area contributed by atoms with E-state index in [9.17, 15) is 13.2 Å². The minimum absolute atomic E-state index is 0.0287. The Kier molecular flexibility index (Phi) is 4.69. The largest absolute Gasteiger partial charge is 0.370 e. The Bertz CT molecular complexity index is 411. The van der Waals surface area contributed by atoms with Crippen LogP contribution in [0, 0.1) is 11.7 Å². The van der Waals surface area contributed by atoms with Crippen LogP contribution in [-0.2, 0) is 0 Å². The number of hydrogen-bond donors (Lipinski definition) is 1. The van der Waals surface area contributed by atoms with Crippen molar-refractivity contribution in [3.8, 4) is 0 Å². The van der Waals surface area contributed by atoms with Crippen molar-refractivity contribution in [1.82, 2.24) is 5.32 Å². The molecule has 0 aliphatic carbocycles. The third-order valence-corrected chi connectivity index (χ3v) is 3.39. The Morgan fingerprint density at radius 1 is 1.37 bits per heavy atom. The summed E-state index contributed by atoms with van der Waals surface area (Å²) in [5.74, 6) is 0.125. The molecule has 0 amide bonds. The van der Waals surface area contributed by atoms with Gasteiger partial charge in [-0.05, 0) is 30.5 Å². The fourth-order valence-corrected chi connectivity index (χ4v) is 2.64. The summed E-state index contributed by atoms with van der Waals surface area (Å²) in [5, 5.41) is 2.88. The second-order valence-electron chi connectivity index (χ2n) is 5.22. The highest BCUT2D eigenvalue weighted by molar-refractivity contribution is 5.47. The van der Waals surface area contributed by atoms with E-state index in [1.807, 2.05) is 6.07 Å². The SMILES string of the molecule is CC1CC(NCC(F)F)CN(c2cccc(F)c2)C1. The normalized spacial score (nSPS) is 23.9. The molecule has 19 heavy (non-hydrogen) atoms. The van der Waals surface area contributed by atoms with Crippen LogP contribution in [0.2, 0.25) is 0 Å². The van der Waals surface area contributed by atoms with E-state index in [0.717, 1.165) is 18.7 Å². The van der Waals surface area contributed by atoms with Gasteiger partial charge in [-0.2, -0.15) is 0 Å². The number of piperidine rings is 1. The lowest BCUT2D eigenvalue weighted by Gasteiger charge is -2.38. The first kappa shape index (κ1) is 14.2. The summed E-state index contributed by atoms with van der Waals surface area (Å²) in [4.78, 5) is 2.06. The molecule has 1 N–H and O–H groups in total. The molecule has 2 atom stereocenters. The number of anilines is 1. The van der Waals surface area contributed by atoms with Gasteiger partial charge in [-0.25, -0.2) is 13.2 Å². The minimum Gasteiger partial charge on any atom is -0.370 e. The van der Waals surface area contributed by atoms with Crippen molar-refractivity contribution < 1.29 is 13.2 Å². The van der Waals surface area contributed by atoms with Crippen LogP contribution in [0.3, 0.4) is 0 Å². The number of halogens is 3. The number of alkyl halides is 2. The molecule has 5 heteroatoms. The maximum atomic E-state index is 13.2. The molecule has 1 saturated heterocycles. The average molecular weight is 272 g/mol. The van der Waals surface area contributed by atoms with E-state index in [-0.39, 0.29) is 18.4 Å². The average Bonchev–Trinajstić information content (AvgIpc) is 2.36. The van der Waals surface area contributed by atoms with Gasteiger partial charge in [0.05, 0.1) is 6.54 Å². The molecule has 2 nitrogen and oxygen atoms in total. The molecule has 0 aromatic heterocycles. The summed E-state index contributed by atoms with van der Waals surface area (Å²) in [5.41, 5.74) is 0.815. The van der Waals surface area contributed by atoms with Gasteiger partial charge in [0.15, 0.2) is 0 Å². The maximum absolute atomic E-state index is 13.2. The first-order valence-corrected chi connectivity index (χ1v) is 6.56. The van der Waals surface area contributed by atoms with Gasteiger partial charge in [-0.15, -0.1) is 0 Å². The monoisotopic (exact) mass is 272 g/mol. The summed E-state index contributed by atoms with van der Waals surface area (Å²) < 4.78 is 37.7. The molecule has 0 saturated carbocycles. The van der Waals surface area contributed by atoms with E-state index in [1.54, 1.807) is 6.07 Å². The zero-order valence-electron chi connectivity index (χ0n) is 11.0. The van der Waals surface area contributed by atoms with E-state index in [1.165, 1.54) is 12.1 Å². The zero-order chi connectivity index (χ0) is 13.8. The molecule has 1 heterocycles. The summed E-state index contributed by atoms with van der Waals surface area (Å²) >= 11 is 0. The van der Waals surface area contributed by atoms with Gasteiger partial charge in [-0.1, -0.05) is 13.0 Å². The fourth-order valence-electron chi connectivity index (χ4n) is 2.64. The van der Waals surface area contributed by atoms with E-state index in [2.05, 4.69) is 17.1 Å². The lowest BCUT2D eigenvalue weighted by molar-refractivity contribution is 0.138. The summed E-state index contributed by atoms with van der Waals surface area (Å²) in [6.45, 7) is 3.27. The minimum atomic E-state index is -2.33. The number of nitrogens with one attached hydrogen (secondary N) is 1. The maximum Gasteiger partial charge on any atom is 0.250 e. The van der Waals surface area contributed by atoms with Crippen LogP contribution in [0.5, 0.6) is 0 Å². The van der Waals surface area contributed by atoms with Gasteiger partial charge in [0.1, 0.15) is 5.82 Å². The molecule has 0 spiro atoms. The highest BCUT2D eigenvalue weighted by Crippen LogP contribution is 2.23. The van der Waals surface area contributed by atoms with Crippen molar-refractivity contribution in [1.29, 1.82) is 0 Å². The van der Waals surface area contributed by atoms with Gasteiger partial charge in [-0.3, -0.25) is 0 Å². The van der Waals surface area contributed by atoms with E-state index in [4.69, 9.17) is 0 Å². The van der Waals surface area contributed by atoms with Crippen molar-refractivity contribution in [3.05, 3.63) is 30.1 Å². The standard InChI is InChI=1S/C14H19F3N2/c1-10-5-12(18-7-14(16)17)9-19(8-10)13-4-2-3-11(15)6-13/h2-4,6,10,12,14,18H,5,7-9H2,1H3. The molecular weight excluding hydrogens is 253 g/mol. The van der Waals surface area contributed by atoms with Gasteiger partial charge in [0, 0.05) is 24.8 Å². The van der Waals surface area contributed by atoms with Gasteiger partial charge in [0.2, 0.25) is 0 Å². The number of nitrogens with zero attached hydrogens (tertiary/aromatic N) is 1. The second kappa shape index (κ2) is 6.28. The zero-order valence-corrected chi connectivity index (χ0v) is 11.0. The van der Waals surface area contributed by atoms with Crippen LogP contribution in [0.1, 0.15) is 13.3 Å². The van der Waals surface area contributed by atoms with Crippen LogP contribution >= 0.6 is 0 Å².